The number of aliphatic carboxylic acids is 1. The van der Waals surface area contributed by atoms with Crippen LogP contribution in [0.15, 0.2) is 35.9 Å². The van der Waals surface area contributed by atoms with E-state index in [4.69, 9.17) is 9.84 Å². The van der Waals surface area contributed by atoms with E-state index in [1.165, 1.54) is 6.08 Å². The van der Waals surface area contributed by atoms with Gasteiger partial charge in [-0.1, -0.05) is 17.7 Å². The summed E-state index contributed by atoms with van der Waals surface area (Å²) in [7, 11) is 1.63. The lowest BCUT2D eigenvalue weighted by atomic mass is 10.0. The largest absolute Gasteiger partial charge is 0.497 e. The number of carbonyl (C=O) groups is 1. The Morgan fingerprint density at radius 3 is 2.53 bits per heavy atom. The van der Waals surface area contributed by atoms with Gasteiger partial charge in [-0.15, -0.1) is 0 Å². The van der Waals surface area contributed by atoms with E-state index in [-0.39, 0.29) is 0 Å². The first kappa shape index (κ1) is 11.7. The van der Waals surface area contributed by atoms with Gasteiger partial charge in [-0.2, -0.15) is 0 Å². The van der Waals surface area contributed by atoms with E-state index >= 15 is 0 Å². The molecule has 3 nitrogen and oxygen atoms in total. The molecule has 0 saturated heterocycles. The van der Waals surface area contributed by atoms with Gasteiger partial charge in [0.25, 0.3) is 0 Å². The molecule has 1 aromatic rings. The van der Waals surface area contributed by atoms with Crippen molar-refractivity contribution in [2.24, 2.45) is 5.92 Å². The molecule has 3 heteroatoms. The Hall–Kier alpha value is -1.77. The Balaban J connectivity index is 2.09. The van der Waals surface area contributed by atoms with Gasteiger partial charge in [0.1, 0.15) is 5.75 Å². The number of carboxylic acid groups (broad SMARTS) is 1. The third kappa shape index (κ3) is 3.34. The maximum absolute atomic E-state index is 10.7. The van der Waals surface area contributed by atoms with Gasteiger partial charge in [0.15, 0.2) is 0 Å². The summed E-state index contributed by atoms with van der Waals surface area (Å²) in [5.41, 5.74) is 2.16. The van der Waals surface area contributed by atoms with Crippen LogP contribution in [0.4, 0.5) is 0 Å². The predicted molar refractivity (Wildman–Crippen MR) is 65.1 cm³/mol. The van der Waals surface area contributed by atoms with Crippen LogP contribution in [0.1, 0.15) is 18.4 Å². The van der Waals surface area contributed by atoms with E-state index in [1.54, 1.807) is 7.11 Å². The minimum Gasteiger partial charge on any atom is -0.497 e. The molecule has 0 aromatic heterocycles. The number of methoxy groups -OCH3 is 1. The van der Waals surface area contributed by atoms with Gasteiger partial charge in [0.05, 0.1) is 7.11 Å². The molecular weight excluding hydrogens is 216 g/mol. The lowest BCUT2D eigenvalue weighted by Crippen LogP contribution is -1.98. The van der Waals surface area contributed by atoms with Crippen molar-refractivity contribution in [1.82, 2.24) is 0 Å². The molecule has 17 heavy (non-hydrogen) atoms. The summed E-state index contributed by atoms with van der Waals surface area (Å²) in [6.07, 6.45) is 4.33. The number of ether oxygens (including phenoxy) is 1. The summed E-state index contributed by atoms with van der Waals surface area (Å²) in [5, 5.41) is 8.82. The molecule has 0 aliphatic heterocycles. The standard InChI is InChI=1S/C14H16O3/c1-17-13-6-2-10(3-7-13)8-12(9-14(15)16)11-4-5-11/h2-3,6-7,9,11H,4-5,8H2,1H3,(H,15,16)/b12-9-. The summed E-state index contributed by atoms with van der Waals surface area (Å²) in [5.74, 6) is 0.456. The minimum atomic E-state index is -0.847. The van der Waals surface area contributed by atoms with Crippen molar-refractivity contribution >= 4 is 5.97 Å². The number of carboxylic acids is 1. The number of hydrogen-bond donors (Lipinski definition) is 1. The van der Waals surface area contributed by atoms with Gasteiger partial charge < -0.3 is 9.84 Å². The van der Waals surface area contributed by atoms with Crippen LogP contribution in [0, 0.1) is 5.92 Å². The quantitative estimate of drug-likeness (QED) is 0.794. The number of rotatable bonds is 5. The maximum atomic E-state index is 10.7. The highest BCUT2D eigenvalue weighted by Crippen LogP contribution is 2.38. The Kier molecular flexibility index (Phi) is 3.47. The Morgan fingerprint density at radius 2 is 2.06 bits per heavy atom. The van der Waals surface area contributed by atoms with Crippen molar-refractivity contribution in [2.75, 3.05) is 7.11 Å². The third-order valence-corrected chi connectivity index (χ3v) is 2.98. The van der Waals surface area contributed by atoms with Gasteiger partial charge in [-0.3, -0.25) is 0 Å². The fourth-order valence-corrected chi connectivity index (χ4v) is 1.91. The van der Waals surface area contributed by atoms with E-state index < -0.39 is 5.97 Å². The lowest BCUT2D eigenvalue weighted by molar-refractivity contribution is -0.131. The highest BCUT2D eigenvalue weighted by molar-refractivity contribution is 5.81. The van der Waals surface area contributed by atoms with Crippen molar-refractivity contribution in [2.45, 2.75) is 19.3 Å². The maximum Gasteiger partial charge on any atom is 0.328 e. The smallest absolute Gasteiger partial charge is 0.328 e. The summed E-state index contributed by atoms with van der Waals surface area (Å²) in [4.78, 5) is 10.7. The Bertz CT molecular complexity index is 427. The van der Waals surface area contributed by atoms with Crippen LogP contribution in [-0.2, 0) is 11.2 Å². The highest BCUT2D eigenvalue weighted by atomic mass is 16.5. The zero-order valence-electron chi connectivity index (χ0n) is 9.85. The molecule has 0 amide bonds. The van der Waals surface area contributed by atoms with Crippen molar-refractivity contribution < 1.29 is 14.6 Å². The van der Waals surface area contributed by atoms with Gasteiger partial charge in [-0.25, -0.2) is 4.79 Å². The zero-order chi connectivity index (χ0) is 12.3. The van der Waals surface area contributed by atoms with Crippen LogP contribution in [0.3, 0.4) is 0 Å². The fourth-order valence-electron chi connectivity index (χ4n) is 1.91. The first-order valence-electron chi connectivity index (χ1n) is 5.75. The molecule has 0 atom stereocenters. The molecule has 1 aromatic carbocycles. The second kappa shape index (κ2) is 5.04. The highest BCUT2D eigenvalue weighted by Gasteiger charge is 2.26. The van der Waals surface area contributed by atoms with Crippen molar-refractivity contribution in [3.63, 3.8) is 0 Å². The van der Waals surface area contributed by atoms with E-state index in [1.807, 2.05) is 24.3 Å². The van der Waals surface area contributed by atoms with Gasteiger partial charge in [0.2, 0.25) is 0 Å². The first-order chi connectivity index (χ1) is 8.19. The minimum absolute atomic E-state index is 0.480. The van der Waals surface area contributed by atoms with Gasteiger partial charge in [-0.05, 0) is 42.9 Å². The van der Waals surface area contributed by atoms with Crippen LogP contribution in [0.5, 0.6) is 5.75 Å². The van der Waals surface area contributed by atoms with Gasteiger partial charge >= 0.3 is 5.97 Å². The Labute approximate surface area is 101 Å². The zero-order valence-corrected chi connectivity index (χ0v) is 9.85. The van der Waals surface area contributed by atoms with Gasteiger partial charge in [0, 0.05) is 6.08 Å². The second-order valence-corrected chi connectivity index (χ2v) is 4.36. The topological polar surface area (TPSA) is 46.5 Å². The molecule has 1 saturated carbocycles. The van der Waals surface area contributed by atoms with E-state index in [9.17, 15) is 4.79 Å². The molecule has 0 heterocycles. The molecule has 1 fully saturated rings. The van der Waals surface area contributed by atoms with Crippen LogP contribution in [0.2, 0.25) is 0 Å². The molecule has 0 spiro atoms. The summed E-state index contributed by atoms with van der Waals surface area (Å²) in [6, 6.07) is 7.77. The summed E-state index contributed by atoms with van der Waals surface area (Å²) >= 11 is 0. The fraction of sp³-hybridized carbons (Fsp3) is 0.357. The molecule has 0 bridgehead atoms. The lowest BCUT2D eigenvalue weighted by Gasteiger charge is -2.06. The van der Waals surface area contributed by atoms with Crippen LogP contribution < -0.4 is 4.74 Å². The van der Waals surface area contributed by atoms with Crippen molar-refractivity contribution in [3.8, 4) is 5.75 Å². The molecule has 1 aliphatic carbocycles. The summed E-state index contributed by atoms with van der Waals surface area (Å²) in [6.45, 7) is 0. The van der Waals surface area contributed by atoms with E-state index in [0.717, 1.165) is 36.1 Å². The molecule has 0 unspecified atom stereocenters. The average molecular weight is 232 g/mol. The predicted octanol–water partition coefficient (Wildman–Crippen LogP) is 2.66. The molecule has 2 rings (SSSR count). The van der Waals surface area contributed by atoms with Crippen LogP contribution in [-0.4, -0.2) is 18.2 Å². The average Bonchev–Trinajstić information content (AvgIpc) is 3.12. The normalized spacial score (nSPS) is 15.7. The van der Waals surface area contributed by atoms with Crippen LogP contribution >= 0.6 is 0 Å². The number of benzene rings is 1. The first-order valence-corrected chi connectivity index (χ1v) is 5.75. The van der Waals surface area contributed by atoms with E-state index in [2.05, 4.69) is 0 Å². The second-order valence-electron chi connectivity index (χ2n) is 4.36. The third-order valence-electron chi connectivity index (χ3n) is 2.98. The SMILES string of the molecule is COc1ccc(C/C(=C/C(=O)O)C2CC2)cc1. The Morgan fingerprint density at radius 1 is 1.41 bits per heavy atom. The molecule has 90 valence electrons. The number of allylic oxidation sites excluding steroid dienone is 1. The monoisotopic (exact) mass is 232 g/mol. The summed E-state index contributed by atoms with van der Waals surface area (Å²) < 4.78 is 5.09. The van der Waals surface area contributed by atoms with Crippen LogP contribution in [0.25, 0.3) is 0 Å². The van der Waals surface area contributed by atoms with E-state index in [0.29, 0.717) is 5.92 Å². The molecule has 0 radical (unpaired) electrons. The van der Waals surface area contributed by atoms with Crippen molar-refractivity contribution in [1.29, 1.82) is 0 Å². The number of hydrogen-bond acceptors (Lipinski definition) is 2. The molecule has 1 aliphatic rings. The molecule has 1 N–H and O–H groups in total. The molecular formula is C14H16O3. The van der Waals surface area contributed by atoms with Crippen molar-refractivity contribution in [3.05, 3.63) is 41.5 Å².